The van der Waals surface area contributed by atoms with E-state index in [1.54, 1.807) is 17.8 Å². The molecule has 1 aromatic carbocycles. The van der Waals surface area contributed by atoms with E-state index in [0.29, 0.717) is 10.0 Å². The molecule has 1 fully saturated rings. The molecule has 1 aliphatic rings. The number of likely N-dealkylation sites (tertiary alicyclic amines) is 1. The third-order valence-corrected chi connectivity index (χ3v) is 5.72. The van der Waals surface area contributed by atoms with E-state index in [-0.39, 0.29) is 0 Å². The van der Waals surface area contributed by atoms with Crippen LogP contribution in [-0.4, -0.2) is 67.2 Å². The minimum absolute atomic E-state index is 0.526. The van der Waals surface area contributed by atoms with Crippen molar-refractivity contribution in [3.8, 4) is 5.69 Å². The normalized spacial score (nSPS) is 14.2. The second-order valence-corrected chi connectivity index (χ2v) is 8.19. The van der Waals surface area contributed by atoms with Gasteiger partial charge in [0.15, 0.2) is 0 Å². The van der Waals surface area contributed by atoms with E-state index in [1.165, 1.54) is 32.4 Å². The third kappa shape index (κ3) is 7.50. The number of aromatic nitrogens is 3. The van der Waals surface area contributed by atoms with Gasteiger partial charge in [-0.2, -0.15) is 0 Å². The predicted molar refractivity (Wildman–Crippen MR) is 112 cm³/mol. The molecule has 29 heavy (non-hydrogen) atoms. The topological polar surface area (TPSA) is 109 Å². The van der Waals surface area contributed by atoms with E-state index >= 15 is 0 Å². The Bertz CT molecular complexity index is 844. The maximum atomic E-state index is 9.10. The van der Waals surface area contributed by atoms with Gasteiger partial charge in [0.1, 0.15) is 5.82 Å². The Hall–Kier alpha value is -1.81. The van der Waals surface area contributed by atoms with Gasteiger partial charge >= 0.3 is 11.9 Å². The highest BCUT2D eigenvalue weighted by molar-refractivity contribution is 7.99. The first-order valence-corrected chi connectivity index (χ1v) is 10.7. The summed E-state index contributed by atoms with van der Waals surface area (Å²) < 4.78 is 1.81. The quantitative estimate of drug-likeness (QED) is 0.514. The number of aliphatic carboxylic acids is 2. The molecule has 1 aromatic heterocycles. The van der Waals surface area contributed by atoms with Gasteiger partial charge in [-0.3, -0.25) is 0 Å². The lowest BCUT2D eigenvalue weighted by atomic mass is 10.1. The van der Waals surface area contributed by atoms with Crippen LogP contribution in [0, 0.1) is 6.92 Å². The molecule has 2 aromatic rings. The van der Waals surface area contributed by atoms with Crippen molar-refractivity contribution >= 4 is 46.9 Å². The molecule has 0 aliphatic carbocycles. The van der Waals surface area contributed by atoms with E-state index in [0.717, 1.165) is 29.0 Å². The van der Waals surface area contributed by atoms with Crippen LogP contribution in [0.3, 0.4) is 0 Å². The lowest BCUT2D eigenvalue weighted by Crippen LogP contribution is -2.31. The summed E-state index contributed by atoms with van der Waals surface area (Å²) in [6.07, 6.45) is 4.03. The smallest absolute Gasteiger partial charge is 0.414 e. The van der Waals surface area contributed by atoms with Crippen LogP contribution in [0.2, 0.25) is 10.0 Å². The summed E-state index contributed by atoms with van der Waals surface area (Å²) in [7, 11) is 0. The Morgan fingerprint density at radius 2 is 1.76 bits per heavy atom. The Morgan fingerprint density at radius 3 is 2.34 bits per heavy atom. The van der Waals surface area contributed by atoms with Gasteiger partial charge in [-0.25, -0.2) is 19.3 Å². The molecule has 1 saturated heterocycles. The number of carbonyl (C=O) groups is 2. The number of nitrogens with zero attached hydrogens (tertiary/aromatic N) is 4. The van der Waals surface area contributed by atoms with E-state index in [1.807, 2.05) is 23.7 Å². The summed E-state index contributed by atoms with van der Waals surface area (Å²) in [5.74, 6) is -1.78. The summed E-state index contributed by atoms with van der Waals surface area (Å²) in [5, 5.41) is 21.2. The first-order valence-electron chi connectivity index (χ1n) is 8.98. The first kappa shape index (κ1) is 23.5. The van der Waals surface area contributed by atoms with Crippen LogP contribution in [0.15, 0.2) is 23.4 Å². The number of piperidine rings is 1. The molecule has 2 N–H and O–H groups in total. The average Bonchev–Trinajstić information content (AvgIpc) is 3.06. The average molecular weight is 461 g/mol. The van der Waals surface area contributed by atoms with Gasteiger partial charge in [0.2, 0.25) is 5.16 Å². The maximum Gasteiger partial charge on any atom is 0.414 e. The van der Waals surface area contributed by atoms with Gasteiger partial charge in [0.25, 0.3) is 0 Å². The number of halogens is 2. The number of thioether (sulfide) groups is 1. The number of carboxylic acids is 2. The molecule has 8 nitrogen and oxygen atoms in total. The van der Waals surface area contributed by atoms with Crippen LogP contribution < -0.4 is 0 Å². The van der Waals surface area contributed by atoms with Gasteiger partial charge in [-0.1, -0.05) is 41.4 Å². The number of hydrogen-bond acceptors (Lipinski definition) is 6. The van der Waals surface area contributed by atoms with E-state index in [4.69, 9.17) is 43.0 Å². The number of benzene rings is 1. The zero-order valence-corrected chi connectivity index (χ0v) is 18.2. The zero-order chi connectivity index (χ0) is 21.4. The van der Waals surface area contributed by atoms with Crippen molar-refractivity contribution < 1.29 is 19.8 Å². The minimum Gasteiger partial charge on any atom is -0.473 e. The van der Waals surface area contributed by atoms with Crippen LogP contribution in [0.4, 0.5) is 0 Å². The highest BCUT2D eigenvalue weighted by Gasteiger charge is 2.12. The molecule has 0 saturated carbocycles. The van der Waals surface area contributed by atoms with Crippen molar-refractivity contribution in [3.63, 3.8) is 0 Å². The fourth-order valence-corrected chi connectivity index (χ4v) is 3.90. The molecular formula is C18H22Cl2N4O4S. The van der Waals surface area contributed by atoms with Crippen molar-refractivity contribution in [1.29, 1.82) is 0 Å². The molecule has 158 valence electrons. The lowest BCUT2D eigenvalue weighted by molar-refractivity contribution is -0.159. The summed E-state index contributed by atoms with van der Waals surface area (Å²) in [6, 6.07) is 5.50. The van der Waals surface area contributed by atoms with Gasteiger partial charge in [0, 0.05) is 12.3 Å². The van der Waals surface area contributed by atoms with E-state index in [2.05, 4.69) is 15.0 Å². The van der Waals surface area contributed by atoms with Crippen LogP contribution in [0.5, 0.6) is 0 Å². The molecule has 0 spiro atoms. The van der Waals surface area contributed by atoms with Crippen LogP contribution in [0.1, 0.15) is 25.1 Å². The lowest BCUT2D eigenvalue weighted by Gasteiger charge is -2.25. The van der Waals surface area contributed by atoms with Crippen molar-refractivity contribution in [2.45, 2.75) is 31.3 Å². The molecule has 2 heterocycles. The first-order chi connectivity index (χ1) is 13.8. The fourth-order valence-electron chi connectivity index (χ4n) is 2.74. The molecule has 0 radical (unpaired) electrons. The molecule has 0 amide bonds. The van der Waals surface area contributed by atoms with E-state index < -0.39 is 11.9 Å². The molecule has 3 rings (SSSR count). The van der Waals surface area contributed by atoms with Crippen LogP contribution in [0.25, 0.3) is 5.69 Å². The van der Waals surface area contributed by atoms with Crippen molar-refractivity contribution in [1.82, 2.24) is 19.7 Å². The number of aryl methyl sites for hydroxylation is 1. The molecule has 0 atom stereocenters. The van der Waals surface area contributed by atoms with Crippen molar-refractivity contribution in [2.24, 2.45) is 0 Å². The van der Waals surface area contributed by atoms with Gasteiger partial charge in [-0.15, -0.1) is 5.10 Å². The Kier molecular flexibility index (Phi) is 9.22. The second kappa shape index (κ2) is 11.4. The minimum atomic E-state index is -1.82. The van der Waals surface area contributed by atoms with Gasteiger partial charge < -0.3 is 15.1 Å². The van der Waals surface area contributed by atoms with E-state index in [9.17, 15) is 0 Å². The van der Waals surface area contributed by atoms with Crippen LogP contribution in [-0.2, 0) is 9.59 Å². The van der Waals surface area contributed by atoms with Gasteiger partial charge in [-0.05, 0) is 51.1 Å². The highest BCUT2D eigenvalue weighted by Crippen LogP contribution is 2.25. The molecule has 0 bridgehead atoms. The second-order valence-electron chi connectivity index (χ2n) is 6.31. The number of carboxylic acid groups (broad SMARTS) is 2. The SMILES string of the molecule is Cc1nc(SCCN2CCCCC2)nn1-c1ccc(Cl)c(Cl)c1.O=C(O)C(=O)O. The molecule has 0 unspecified atom stereocenters. The fraction of sp³-hybridized carbons (Fsp3) is 0.444. The van der Waals surface area contributed by atoms with Gasteiger partial charge in [0.05, 0.1) is 15.7 Å². The monoisotopic (exact) mass is 460 g/mol. The Labute approximate surface area is 182 Å². The Balaban J connectivity index is 0.000000438. The van der Waals surface area contributed by atoms with Crippen LogP contribution >= 0.6 is 35.0 Å². The number of rotatable bonds is 5. The largest absolute Gasteiger partial charge is 0.473 e. The summed E-state index contributed by atoms with van der Waals surface area (Å²) >= 11 is 13.8. The third-order valence-electron chi connectivity index (χ3n) is 4.17. The summed E-state index contributed by atoms with van der Waals surface area (Å²) in [4.78, 5) is 25.3. The molecule has 1 aliphatic heterocycles. The summed E-state index contributed by atoms with van der Waals surface area (Å²) in [5.41, 5.74) is 0.882. The maximum absolute atomic E-state index is 9.10. The van der Waals surface area contributed by atoms with Crippen molar-refractivity contribution in [2.75, 3.05) is 25.4 Å². The molecular weight excluding hydrogens is 439 g/mol. The predicted octanol–water partition coefficient (Wildman–Crippen LogP) is 3.62. The standard InChI is InChI=1S/C16H20Cl2N4S.C2H2O4/c1-12-19-16(23-10-9-21-7-3-2-4-8-21)20-22(12)13-5-6-14(17)15(18)11-13;3-1(4)2(5)6/h5-6,11H,2-4,7-10H2,1H3;(H,3,4)(H,5,6). The Morgan fingerprint density at radius 1 is 1.10 bits per heavy atom. The zero-order valence-electron chi connectivity index (χ0n) is 15.8. The molecule has 11 heteroatoms. The number of hydrogen-bond donors (Lipinski definition) is 2. The summed E-state index contributed by atoms with van der Waals surface area (Å²) in [6.45, 7) is 5.50. The van der Waals surface area contributed by atoms with Crippen molar-refractivity contribution in [3.05, 3.63) is 34.1 Å². The highest BCUT2D eigenvalue weighted by atomic mass is 35.5.